The molecule has 0 saturated carbocycles. The van der Waals surface area contributed by atoms with Crippen LogP contribution < -0.4 is 16.0 Å². The Balaban J connectivity index is 1.46. The quantitative estimate of drug-likeness (QED) is 0.277. The average Bonchev–Trinajstić information content (AvgIpc) is 3.38. The number of amides is 1. The van der Waals surface area contributed by atoms with E-state index in [9.17, 15) is 9.90 Å². The van der Waals surface area contributed by atoms with E-state index in [0.717, 1.165) is 17.5 Å². The van der Waals surface area contributed by atoms with Crippen molar-refractivity contribution in [3.05, 3.63) is 77.7 Å². The van der Waals surface area contributed by atoms with Gasteiger partial charge in [0.2, 0.25) is 5.95 Å². The lowest BCUT2D eigenvalue weighted by molar-refractivity contribution is 0.0897. The fourth-order valence-corrected chi connectivity index (χ4v) is 4.19. The second-order valence-electron chi connectivity index (χ2n) is 9.09. The highest BCUT2D eigenvalue weighted by Crippen LogP contribution is 2.30. The SMILES string of the molecule is CC1(C)Cc2ccc(Nc3ncc(-c4ncn[nH]4)c(N[C@H](CO)c4ccccc4)n3)cc2C(=O)N1. The predicted molar refractivity (Wildman–Crippen MR) is 132 cm³/mol. The Kier molecular flexibility index (Phi) is 5.87. The minimum Gasteiger partial charge on any atom is -0.394 e. The van der Waals surface area contributed by atoms with Gasteiger partial charge in [-0.05, 0) is 43.5 Å². The first-order chi connectivity index (χ1) is 16.9. The number of benzene rings is 2. The summed E-state index contributed by atoms with van der Waals surface area (Å²) in [5, 5.41) is 26.3. The molecule has 0 bridgehead atoms. The van der Waals surface area contributed by atoms with Gasteiger partial charge in [0.25, 0.3) is 5.91 Å². The molecular weight excluding hydrogens is 444 g/mol. The summed E-state index contributed by atoms with van der Waals surface area (Å²) in [7, 11) is 0. The van der Waals surface area contributed by atoms with Gasteiger partial charge in [-0.3, -0.25) is 9.89 Å². The van der Waals surface area contributed by atoms with Crippen molar-refractivity contribution >= 4 is 23.4 Å². The lowest BCUT2D eigenvalue weighted by Gasteiger charge is -2.32. The molecule has 1 aliphatic heterocycles. The first kappa shape index (κ1) is 22.5. The molecule has 4 aromatic rings. The standard InChI is InChI=1S/C25H26N8O2/c1-25(2)11-16-8-9-17(10-18(16)23(35)32-25)29-24-26-12-19(21-27-14-28-33-21)22(31-24)30-20(13-34)15-6-4-3-5-7-15/h3-10,12,14,20,34H,11,13H2,1-2H3,(H,32,35)(H,27,28,33)(H2,26,29,30,31)/t20-/m1/s1. The number of aromatic nitrogens is 5. The van der Waals surface area contributed by atoms with Crippen LogP contribution in [-0.2, 0) is 6.42 Å². The van der Waals surface area contributed by atoms with Crippen LogP contribution in [0.4, 0.5) is 17.5 Å². The van der Waals surface area contributed by atoms with Crippen molar-refractivity contribution in [1.82, 2.24) is 30.5 Å². The molecule has 10 nitrogen and oxygen atoms in total. The van der Waals surface area contributed by atoms with Gasteiger partial charge in [-0.2, -0.15) is 10.1 Å². The van der Waals surface area contributed by atoms with Crippen molar-refractivity contribution < 1.29 is 9.90 Å². The zero-order chi connectivity index (χ0) is 24.4. The molecule has 0 saturated heterocycles. The zero-order valence-corrected chi connectivity index (χ0v) is 19.4. The molecular formula is C25H26N8O2. The van der Waals surface area contributed by atoms with E-state index >= 15 is 0 Å². The van der Waals surface area contributed by atoms with E-state index in [1.54, 1.807) is 12.3 Å². The Morgan fingerprint density at radius 1 is 1.11 bits per heavy atom. The summed E-state index contributed by atoms with van der Waals surface area (Å²) < 4.78 is 0. The number of nitrogens with one attached hydrogen (secondary N) is 4. The maximum absolute atomic E-state index is 12.6. The van der Waals surface area contributed by atoms with Crippen LogP contribution in [-0.4, -0.2) is 48.3 Å². The number of anilines is 3. The molecule has 0 spiro atoms. The number of aliphatic hydroxyl groups is 1. The molecule has 0 fully saturated rings. The van der Waals surface area contributed by atoms with Crippen molar-refractivity contribution in [2.75, 3.05) is 17.2 Å². The highest BCUT2D eigenvalue weighted by molar-refractivity contribution is 5.98. The van der Waals surface area contributed by atoms with Gasteiger partial charge in [0, 0.05) is 23.0 Å². The fourth-order valence-electron chi connectivity index (χ4n) is 4.19. The van der Waals surface area contributed by atoms with Crippen LogP contribution in [0.15, 0.2) is 61.1 Å². The van der Waals surface area contributed by atoms with Crippen molar-refractivity contribution in [1.29, 1.82) is 0 Å². The van der Waals surface area contributed by atoms with E-state index in [4.69, 9.17) is 0 Å². The summed E-state index contributed by atoms with van der Waals surface area (Å²) >= 11 is 0. The van der Waals surface area contributed by atoms with E-state index in [2.05, 4.69) is 41.1 Å². The molecule has 178 valence electrons. The number of hydrogen-bond acceptors (Lipinski definition) is 8. The van der Waals surface area contributed by atoms with E-state index in [0.29, 0.717) is 34.4 Å². The van der Waals surface area contributed by atoms with Crippen LogP contribution in [0.1, 0.15) is 41.4 Å². The van der Waals surface area contributed by atoms with Crippen LogP contribution >= 0.6 is 0 Å². The molecule has 1 aliphatic rings. The monoisotopic (exact) mass is 470 g/mol. The highest BCUT2D eigenvalue weighted by Gasteiger charge is 2.30. The van der Waals surface area contributed by atoms with Crippen LogP contribution in [0.3, 0.4) is 0 Å². The topological polar surface area (TPSA) is 141 Å². The van der Waals surface area contributed by atoms with Crippen LogP contribution in [0.2, 0.25) is 0 Å². The summed E-state index contributed by atoms with van der Waals surface area (Å²) in [5.74, 6) is 1.20. The second kappa shape index (κ2) is 9.15. The smallest absolute Gasteiger partial charge is 0.252 e. The fraction of sp³-hybridized carbons (Fsp3) is 0.240. The Labute approximate surface area is 202 Å². The number of carbonyl (C=O) groups excluding carboxylic acids is 1. The molecule has 3 heterocycles. The number of hydrogen-bond donors (Lipinski definition) is 5. The van der Waals surface area contributed by atoms with E-state index in [-0.39, 0.29) is 18.1 Å². The summed E-state index contributed by atoms with van der Waals surface area (Å²) in [6.07, 6.45) is 3.80. The maximum atomic E-state index is 12.6. The molecule has 5 N–H and O–H groups in total. The van der Waals surface area contributed by atoms with Gasteiger partial charge < -0.3 is 21.1 Å². The van der Waals surface area contributed by atoms with Gasteiger partial charge >= 0.3 is 0 Å². The van der Waals surface area contributed by atoms with Crippen molar-refractivity contribution in [3.8, 4) is 11.4 Å². The summed E-state index contributed by atoms with van der Waals surface area (Å²) in [6.45, 7) is 3.88. The van der Waals surface area contributed by atoms with Gasteiger partial charge in [0.05, 0.1) is 18.2 Å². The Morgan fingerprint density at radius 2 is 1.94 bits per heavy atom. The predicted octanol–water partition coefficient (Wildman–Crippen LogP) is 3.22. The first-order valence-corrected chi connectivity index (χ1v) is 11.3. The number of aliphatic hydroxyl groups excluding tert-OH is 1. The minimum atomic E-state index is -0.392. The molecule has 35 heavy (non-hydrogen) atoms. The largest absolute Gasteiger partial charge is 0.394 e. The van der Waals surface area contributed by atoms with Crippen molar-refractivity contribution in [2.45, 2.75) is 31.8 Å². The van der Waals surface area contributed by atoms with E-state index in [1.807, 2.05) is 56.3 Å². The molecule has 2 aromatic heterocycles. The number of aromatic amines is 1. The molecule has 0 radical (unpaired) electrons. The third-order valence-corrected chi connectivity index (χ3v) is 5.85. The molecule has 2 aromatic carbocycles. The molecule has 1 atom stereocenters. The third kappa shape index (κ3) is 4.82. The number of nitrogens with zero attached hydrogens (tertiary/aromatic N) is 4. The number of H-pyrrole nitrogens is 1. The zero-order valence-electron chi connectivity index (χ0n) is 19.4. The average molecular weight is 471 g/mol. The van der Waals surface area contributed by atoms with Crippen LogP contribution in [0, 0.1) is 0 Å². The molecule has 0 unspecified atom stereocenters. The Hall–Kier alpha value is -4.31. The maximum Gasteiger partial charge on any atom is 0.252 e. The van der Waals surface area contributed by atoms with Gasteiger partial charge in [-0.1, -0.05) is 36.4 Å². The molecule has 5 rings (SSSR count). The first-order valence-electron chi connectivity index (χ1n) is 11.3. The second-order valence-corrected chi connectivity index (χ2v) is 9.09. The number of carbonyl (C=O) groups is 1. The van der Waals surface area contributed by atoms with Gasteiger partial charge in [-0.25, -0.2) is 9.97 Å². The van der Waals surface area contributed by atoms with Crippen LogP contribution in [0.25, 0.3) is 11.4 Å². The van der Waals surface area contributed by atoms with Gasteiger partial charge in [0.15, 0.2) is 5.82 Å². The van der Waals surface area contributed by atoms with Crippen molar-refractivity contribution in [2.24, 2.45) is 0 Å². The lowest BCUT2D eigenvalue weighted by Crippen LogP contribution is -2.49. The molecule has 10 heteroatoms. The summed E-state index contributed by atoms with van der Waals surface area (Å²) in [4.78, 5) is 25.9. The highest BCUT2D eigenvalue weighted by atomic mass is 16.3. The molecule has 1 amide bonds. The summed E-state index contributed by atoms with van der Waals surface area (Å²) in [6, 6.07) is 14.9. The third-order valence-electron chi connectivity index (χ3n) is 5.85. The Morgan fingerprint density at radius 3 is 2.69 bits per heavy atom. The number of fused-ring (bicyclic) bond motifs is 1. The van der Waals surface area contributed by atoms with Gasteiger partial charge in [0.1, 0.15) is 12.1 Å². The normalized spacial score (nSPS) is 15.1. The minimum absolute atomic E-state index is 0.0995. The van der Waals surface area contributed by atoms with Gasteiger partial charge in [-0.15, -0.1) is 0 Å². The van der Waals surface area contributed by atoms with E-state index in [1.165, 1.54) is 6.33 Å². The lowest BCUT2D eigenvalue weighted by atomic mass is 9.87. The van der Waals surface area contributed by atoms with E-state index < -0.39 is 6.04 Å². The Bertz CT molecular complexity index is 1340. The van der Waals surface area contributed by atoms with Crippen molar-refractivity contribution in [3.63, 3.8) is 0 Å². The molecule has 0 aliphatic carbocycles. The van der Waals surface area contributed by atoms with Crippen LogP contribution in [0.5, 0.6) is 0 Å². The summed E-state index contributed by atoms with van der Waals surface area (Å²) in [5.41, 5.74) is 3.57. The number of rotatable bonds is 7.